The molecule has 1 aromatic carbocycles. The van der Waals surface area contributed by atoms with Crippen molar-refractivity contribution < 1.29 is 38.1 Å². The first-order valence-electron chi connectivity index (χ1n) is 11.9. The summed E-state index contributed by atoms with van der Waals surface area (Å²) >= 11 is 0. The van der Waals surface area contributed by atoms with Crippen LogP contribution in [0.2, 0.25) is 0 Å². The third-order valence-corrected chi connectivity index (χ3v) is 7.34. The number of nitrogen functional groups attached to an aromatic ring is 1. The fraction of sp³-hybridized carbons (Fsp3) is 0.417. The van der Waals surface area contributed by atoms with Gasteiger partial charge in [0.1, 0.15) is 48.5 Å². The summed E-state index contributed by atoms with van der Waals surface area (Å²) in [6.07, 6.45) is -1.91. The van der Waals surface area contributed by atoms with E-state index in [1.165, 1.54) is 35.7 Å². The van der Waals surface area contributed by atoms with Gasteiger partial charge >= 0.3 is 13.7 Å². The standard InChI is InChI=1S/C24H31N6O8P/c1-4-12-36-23(33)16(2)29-39(34,38-17-8-6-5-7-9-17)37-14-24(13-25,35-3)21(32)20(31)18-10-11-19-22(26)27-15-28-30(18)19/h5-11,15-16,20-21,31-32H,4,12,14H2,1-3H3,(H,29,34)(H2,26,27,28)/t16-,20-,21-,24+,39?/m0/s1. The Morgan fingerprint density at radius 3 is 2.64 bits per heavy atom. The monoisotopic (exact) mass is 562 g/mol. The molecule has 0 radical (unpaired) electrons. The molecule has 0 aliphatic heterocycles. The zero-order valence-corrected chi connectivity index (χ0v) is 22.5. The molecule has 0 saturated heterocycles. The van der Waals surface area contributed by atoms with Crippen molar-refractivity contribution in [2.24, 2.45) is 0 Å². The second-order valence-electron chi connectivity index (χ2n) is 8.49. The van der Waals surface area contributed by atoms with Crippen molar-refractivity contribution in [1.82, 2.24) is 19.7 Å². The molecule has 15 heteroatoms. The lowest BCUT2D eigenvalue weighted by atomic mass is 9.93. The highest BCUT2D eigenvalue weighted by Gasteiger charge is 2.47. The van der Waals surface area contributed by atoms with Crippen LogP contribution in [-0.4, -0.2) is 68.9 Å². The number of nitrogens with one attached hydrogen (secondary N) is 1. The first kappa shape index (κ1) is 30.0. The van der Waals surface area contributed by atoms with Gasteiger partial charge in [-0.05, 0) is 37.6 Å². The SMILES string of the molecule is CCCOC(=O)[C@H](C)NP(=O)(OC[C@@](C#N)(OC)[C@@H](O)[C@@H](O)c1ccc2c(N)ncnn12)Oc1ccccc1. The zero-order chi connectivity index (χ0) is 28.6. The van der Waals surface area contributed by atoms with Crippen LogP contribution in [0.4, 0.5) is 5.82 Å². The van der Waals surface area contributed by atoms with Crippen LogP contribution in [0, 0.1) is 11.3 Å². The summed E-state index contributed by atoms with van der Waals surface area (Å²) in [5.41, 5.74) is 4.03. The Morgan fingerprint density at radius 1 is 1.28 bits per heavy atom. The van der Waals surface area contributed by atoms with Crippen molar-refractivity contribution in [3.05, 3.63) is 54.5 Å². The number of fused-ring (bicyclic) bond motifs is 1. The van der Waals surface area contributed by atoms with E-state index in [4.69, 9.17) is 24.3 Å². The molecule has 0 fully saturated rings. The topological polar surface area (TPSA) is 204 Å². The number of carbonyl (C=O) groups excluding carboxylic acids is 1. The molecule has 0 spiro atoms. The van der Waals surface area contributed by atoms with Gasteiger partial charge in [-0.1, -0.05) is 25.1 Å². The largest absolute Gasteiger partial charge is 0.465 e. The third-order valence-electron chi connectivity index (χ3n) is 5.72. The molecule has 0 saturated carbocycles. The normalized spacial score (nSPS) is 16.8. The number of nitrogens with zero attached hydrogens (tertiary/aromatic N) is 4. The van der Waals surface area contributed by atoms with Crippen LogP contribution >= 0.6 is 7.75 Å². The van der Waals surface area contributed by atoms with Crippen molar-refractivity contribution in [3.63, 3.8) is 0 Å². The number of carbonyl (C=O) groups is 1. The number of aliphatic hydroxyl groups excluding tert-OH is 2. The van der Waals surface area contributed by atoms with Crippen LogP contribution < -0.4 is 15.3 Å². The fourth-order valence-corrected chi connectivity index (χ4v) is 5.05. The first-order chi connectivity index (χ1) is 18.6. The first-order valence-corrected chi connectivity index (χ1v) is 13.5. The smallest absolute Gasteiger partial charge is 0.459 e. The number of hydrogen-bond donors (Lipinski definition) is 4. The van der Waals surface area contributed by atoms with E-state index in [9.17, 15) is 24.8 Å². The molecule has 0 aliphatic carbocycles. The van der Waals surface area contributed by atoms with E-state index in [0.29, 0.717) is 11.9 Å². The number of benzene rings is 1. The van der Waals surface area contributed by atoms with E-state index in [1.54, 1.807) is 24.3 Å². The van der Waals surface area contributed by atoms with Gasteiger partial charge < -0.3 is 29.9 Å². The third kappa shape index (κ3) is 6.90. The van der Waals surface area contributed by atoms with E-state index >= 15 is 0 Å². The molecule has 5 atom stereocenters. The highest BCUT2D eigenvalue weighted by molar-refractivity contribution is 7.52. The van der Waals surface area contributed by atoms with Gasteiger partial charge in [0, 0.05) is 7.11 Å². The molecule has 39 heavy (non-hydrogen) atoms. The Kier molecular flexibility index (Phi) is 9.98. The summed E-state index contributed by atoms with van der Waals surface area (Å²) in [5, 5.41) is 38.6. The minimum absolute atomic E-state index is 0.0809. The molecule has 14 nitrogen and oxygen atoms in total. The number of nitrogens with two attached hydrogens (primary N) is 1. The lowest BCUT2D eigenvalue weighted by Crippen LogP contribution is -2.50. The Labute approximate surface area is 224 Å². The van der Waals surface area contributed by atoms with Gasteiger partial charge in [-0.3, -0.25) is 9.32 Å². The Hall–Kier alpha value is -3.57. The van der Waals surface area contributed by atoms with Crippen LogP contribution in [-0.2, 0) is 23.4 Å². The lowest BCUT2D eigenvalue weighted by Gasteiger charge is -2.33. The number of aromatic nitrogens is 3. The van der Waals surface area contributed by atoms with E-state index < -0.39 is 44.2 Å². The number of para-hydroxylation sites is 1. The van der Waals surface area contributed by atoms with Crippen LogP contribution in [0.3, 0.4) is 0 Å². The lowest BCUT2D eigenvalue weighted by molar-refractivity contribution is -0.145. The van der Waals surface area contributed by atoms with E-state index in [1.807, 2.05) is 6.92 Å². The van der Waals surface area contributed by atoms with Gasteiger partial charge in [0.15, 0.2) is 5.82 Å². The van der Waals surface area contributed by atoms with Gasteiger partial charge in [0.25, 0.3) is 0 Å². The number of aliphatic hydroxyl groups is 2. The Morgan fingerprint density at radius 2 is 2.00 bits per heavy atom. The molecule has 3 rings (SSSR count). The average molecular weight is 563 g/mol. The number of methoxy groups -OCH3 is 1. The van der Waals surface area contributed by atoms with Gasteiger partial charge in [-0.25, -0.2) is 14.1 Å². The molecule has 2 aromatic heterocycles. The van der Waals surface area contributed by atoms with Crippen LogP contribution in [0.5, 0.6) is 5.75 Å². The van der Waals surface area contributed by atoms with Crippen LogP contribution in [0.25, 0.3) is 5.52 Å². The van der Waals surface area contributed by atoms with Crippen molar-refractivity contribution >= 4 is 25.1 Å². The summed E-state index contributed by atoms with van der Waals surface area (Å²) in [4.78, 5) is 16.2. The Balaban J connectivity index is 1.87. The molecule has 0 bridgehead atoms. The predicted octanol–water partition coefficient (Wildman–Crippen LogP) is 1.75. The van der Waals surface area contributed by atoms with Crippen LogP contribution in [0.15, 0.2) is 48.8 Å². The number of hydrogen-bond acceptors (Lipinski definition) is 12. The molecule has 0 aliphatic rings. The maximum atomic E-state index is 13.8. The second-order valence-corrected chi connectivity index (χ2v) is 10.2. The highest BCUT2D eigenvalue weighted by atomic mass is 31.2. The van der Waals surface area contributed by atoms with E-state index in [2.05, 4.69) is 15.2 Å². The summed E-state index contributed by atoms with van der Waals surface area (Å²) in [7, 11) is -3.29. The van der Waals surface area contributed by atoms with Crippen molar-refractivity contribution in [3.8, 4) is 11.8 Å². The molecular formula is C24H31N6O8P. The summed E-state index contributed by atoms with van der Waals surface area (Å²) in [6, 6.07) is 11.6. The minimum atomic E-state index is -4.40. The molecule has 5 N–H and O–H groups in total. The predicted molar refractivity (Wildman–Crippen MR) is 138 cm³/mol. The molecule has 3 aromatic rings. The summed E-state index contributed by atoms with van der Waals surface area (Å²) in [5.74, 6) is -0.427. The van der Waals surface area contributed by atoms with Gasteiger partial charge in [0.2, 0.25) is 5.60 Å². The zero-order valence-electron chi connectivity index (χ0n) is 21.6. The number of ether oxygens (including phenoxy) is 2. The molecule has 2 heterocycles. The number of rotatable bonds is 14. The fourth-order valence-electron chi connectivity index (χ4n) is 3.53. The summed E-state index contributed by atoms with van der Waals surface area (Å²) < 4.78 is 36.5. The minimum Gasteiger partial charge on any atom is -0.465 e. The quantitative estimate of drug-likeness (QED) is 0.163. The second kappa shape index (κ2) is 13.0. The highest BCUT2D eigenvalue weighted by Crippen LogP contribution is 2.46. The van der Waals surface area contributed by atoms with E-state index in [-0.39, 0.29) is 23.9 Å². The van der Waals surface area contributed by atoms with Crippen molar-refractivity contribution in [2.45, 2.75) is 44.1 Å². The van der Waals surface area contributed by atoms with Gasteiger partial charge in [-0.15, -0.1) is 0 Å². The number of nitriles is 1. The number of esters is 1. The maximum absolute atomic E-state index is 13.8. The molecule has 1 unspecified atom stereocenters. The molecule has 210 valence electrons. The Bertz CT molecular complexity index is 1350. The maximum Gasteiger partial charge on any atom is 0.459 e. The van der Waals surface area contributed by atoms with Crippen LogP contribution in [0.1, 0.15) is 32.1 Å². The van der Waals surface area contributed by atoms with E-state index in [0.717, 1.165) is 13.4 Å². The van der Waals surface area contributed by atoms with Crippen molar-refractivity contribution in [2.75, 3.05) is 26.1 Å². The molecule has 0 amide bonds. The van der Waals surface area contributed by atoms with Gasteiger partial charge in [-0.2, -0.15) is 15.4 Å². The summed E-state index contributed by atoms with van der Waals surface area (Å²) in [6.45, 7) is 2.54. The molecular weight excluding hydrogens is 531 g/mol. The average Bonchev–Trinajstić information content (AvgIpc) is 3.38. The number of anilines is 1. The van der Waals surface area contributed by atoms with Crippen molar-refractivity contribution in [1.29, 1.82) is 5.26 Å². The van der Waals surface area contributed by atoms with Gasteiger partial charge in [0.05, 0.1) is 12.3 Å².